The SMILES string of the molecule is COC(C)CNC(C)c1ccc(Cl)s1. The molecule has 0 bridgehead atoms. The van der Waals surface area contributed by atoms with Crippen molar-refractivity contribution in [3.05, 3.63) is 21.3 Å². The topological polar surface area (TPSA) is 21.3 Å². The Morgan fingerprint density at radius 1 is 1.50 bits per heavy atom. The van der Waals surface area contributed by atoms with E-state index in [-0.39, 0.29) is 6.10 Å². The van der Waals surface area contributed by atoms with Crippen LogP contribution in [0.25, 0.3) is 0 Å². The summed E-state index contributed by atoms with van der Waals surface area (Å²) in [7, 11) is 1.72. The summed E-state index contributed by atoms with van der Waals surface area (Å²) in [6, 6.07) is 4.33. The monoisotopic (exact) mass is 233 g/mol. The van der Waals surface area contributed by atoms with Gasteiger partial charge in [-0.1, -0.05) is 11.6 Å². The fourth-order valence-electron chi connectivity index (χ4n) is 1.09. The maximum absolute atomic E-state index is 5.86. The van der Waals surface area contributed by atoms with Crippen LogP contribution in [-0.4, -0.2) is 19.8 Å². The van der Waals surface area contributed by atoms with E-state index in [1.807, 2.05) is 13.0 Å². The van der Waals surface area contributed by atoms with Crippen molar-refractivity contribution in [1.82, 2.24) is 5.32 Å². The van der Waals surface area contributed by atoms with Crippen LogP contribution < -0.4 is 5.32 Å². The number of halogens is 1. The normalized spacial score (nSPS) is 15.4. The van der Waals surface area contributed by atoms with Gasteiger partial charge in [0.2, 0.25) is 0 Å². The standard InChI is InChI=1S/C10H16ClNOS/c1-7(13-3)6-12-8(2)9-4-5-10(11)14-9/h4-5,7-8,12H,6H2,1-3H3. The van der Waals surface area contributed by atoms with E-state index >= 15 is 0 Å². The van der Waals surface area contributed by atoms with Gasteiger partial charge in [0.1, 0.15) is 0 Å². The Morgan fingerprint density at radius 3 is 2.71 bits per heavy atom. The highest BCUT2D eigenvalue weighted by atomic mass is 35.5. The zero-order valence-corrected chi connectivity index (χ0v) is 10.3. The Balaban J connectivity index is 2.39. The second-order valence-corrected chi connectivity index (χ2v) is 5.06. The van der Waals surface area contributed by atoms with Crippen LogP contribution in [0.4, 0.5) is 0 Å². The van der Waals surface area contributed by atoms with E-state index in [1.165, 1.54) is 4.88 Å². The van der Waals surface area contributed by atoms with Crippen molar-refractivity contribution in [2.75, 3.05) is 13.7 Å². The number of ether oxygens (including phenoxy) is 1. The van der Waals surface area contributed by atoms with Crippen molar-refractivity contribution < 1.29 is 4.74 Å². The molecule has 2 unspecified atom stereocenters. The van der Waals surface area contributed by atoms with E-state index in [9.17, 15) is 0 Å². The van der Waals surface area contributed by atoms with Gasteiger partial charge in [-0.05, 0) is 26.0 Å². The lowest BCUT2D eigenvalue weighted by molar-refractivity contribution is 0.115. The first-order valence-electron chi connectivity index (χ1n) is 4.65. The van der Waals surface area contributed by atoms with Gasteiger partial charge in [-0.3, -0.25) is 0 Å². The average Bonchev–Trinajstić information content (AvgIpc) is 2.60. The summed E-state index contributed by atoms with van der Waals surface area (Å²) in [5, 5.41) is 3.39. The first-order valence-corrected chi connectivity index (χ1v) is 5.84. The van der Waals surface area contributed by atoms with Gasteiger partial charge in [-0.15, -0.1) is 11.3 Å². The smallest absolute Gasteiger partial charge is 0.0931 e. The molecule has 0 saturated heterocycles. The Labute approximate surface area is 94.2 Å². The molecule has 80 valence electrons. The number of nitrogens with one attached hydrogen (secondary N) is 1. The molecular weight excluding hydrogens is 218 g/mol. The van der Waals surface area contributed by atoms with Crippen molar-refractivity contribution in [1.29, 1.82) is 0 Å². The van der Waals surface area contributed by atoms with Crippen molar-refractivity contribution in [3.63, 3.8) is 0 Å². The fraction of sp³-hybridized carbons (Fsp3) is 0.600. The van der Waals surface area contributed by atoms with Gasteiger partial charge in [0, 0.05) is 24.6 Å². The largest absolute Gasteiger partial charge is 0.380 e. The fourth-order valence-corrected chi connectivity index (χ4v) is 2.18. The van der Waals surface area contributed by atoms with Crippen LogP contribution in [0.3, 0.4) is 0 Å². The van der Waals surface area contributed by atoms with Crippen LogP contribution in [0.1, 0.15) is 24.8 Å². The summed E-state index contributed by atoms with van der Waals surface area (Å²) < 4.78 is 6.00. The summed E-state index contributed by atoms with van der Waals surface area (Å²) in [6.07, 6.45) is 0.243. The van der Waals surface area contributed by atoms with Crippen molar-refractivity contribution in [3.8, 4) is 0 Å². The van der Waals surface area contributed by atoms with Crippen LogP contribution in [-0.2, 0) is 4.74 Å². The molecule has 0 radical (unpaired) electrons. The van der Waals surface area contributed by atoms with Gasteiger partial charge in [0.15, 0.2) is 0 Å². The molecule has 0 aromatic carbocycles. The molecule has 0 saturated carbocycles. The van der Waals surface area contributed by atoms with Crippen molar-refractivity contribution in [2.45, 2.75) is 26.0 Å². The molecule has 1 aromatic rings. The first kappa shape index (κ1) is 12.0. The predicted molar refractivity (Wildman–Crippen MR) is 62.2 cm³/mol. The number of hydrogen-bond donors (Lipinski definition) is 1. The van der Waals surface area contributed by atoms with E-state index in [4.69, 9.17) is 16.3 Å². The molecule has 1 heterocycles. The van der Waals surface area contributed by atoms with Gasteiger partial charge >= 0.3 is 0 Å². The van der Waals surface area contributed by atoms with Crippen LogP contribution in [0.15, 0.2) is 12.1 Å². The Bertz CT molecular complexity index is 277. The quantitative estimate of drug-likeness (QED) is 0.844. The highest BCUT2D eigenvalue weighted by Gasteiger charge is 2.08. The lowest BCUT2D eigenvalue weighted by Gasteiger charge is -2.15. The summed E-state index contributed by atoms with van der Waals surface area (Å²) >= 11 is 7.48. The number of hydrogen-bond acceptors (Lipinski definition) is 3. The molecule has 1 N–H and O–H groups in total. The van der Waals surface area contributed by atoms with Crippen LogP contribution in [0.2, 0.25) is 4.34 Å². The maximum atomic E-state index is 5.86. The molecule has 1 rings (SSSR count). The van der Waals surface area contributed by atoms with Gasteiger partial charge in [-0.2, -0.15) is 0 Å². The molecule has 0 aliphatic rings. The molecular formula is C10H16ClNOS. The second-order valence-electron chi connectivity index (χ2n) is 3.32. The third-order valence-corrected chi connectivity index (χ3v) is 3.55. The van der Waals surface area contributed by atoms with Crippen molar-refractivity contribution >= 4 is 22.9 Å². The highest BCUT2D eigenvalue weighted by molar-refractivity contribution is 7.16. The summed E-state index contributed by atoms with van der Waals surface area (Å²) in [6.45, 7) is 5.03. The molecule has 14 heavy (non-hydrogen) atoms. The highest BCUT2D eigenvalue weighted by Crippen LogP contribution is 2.26. The molecule has 0 spiro atoms. The maximum Gasteiger partial charge on any atom is 0.0931 e. The molecule has 0 amide bonds. The van der Waals surface area contributed by atoms with E-state index in [1.54, 1.807) is 18.4 Å². The molecule has 4 heteroatoms. The van der Waals surface area contributed by atoms with Crippen molar-refractivity contribution in [2.24, 2.45) is 0 Å². The molecule has 0 aliphatic heterocycles. The third kappa shape index (κ3) is 3.58. The Morgan fingerprint density at radius 2 is 2.21 bits per heavy atom. The Kier molecular flexibility index (Phi) is 4.89. The minimum atomic E-state index is 0.243. The average molecular weight is 234 g/mol. The number of methoxy groups -OCH3 is 1. The van der Waals surface area contributed by atoms with Crippen LogP contribution in [0, 0.1) is 0 Å². The molecule has 0 fully saturated rings. The van der Waals surface area contributed by atoms with Gasteiger partial charge in [-0.25, -0.2) is 0 Å². The lowest BCUT2D eigenvalue weighted by atomic mass is 10.2. The molecule has 0 aliphatic carbocycles. The molecule has 2 atom stereocenters. The van der Waals surface area contributed by atoms with Crippen LogP contribution >= 0.6 is 22.9 Å². The number of thiophene rings is 1. The van der Waals surface area contributed by atoms with E-state index in [0.717, 1.165) is 10.9 Å². The zero-order chi connectivity index (χ0) is 10.6. The summed E-state index contributed by atoms with van der Waals surface area (Å²) in [5.74, 6) is 0. The summed E-state index contributed by atoms with van der Waals surface area (Å²) in [5.41, 5.74) is 0. The van der Waals surface area contributed by atoms with E-state index in [2.05, 4.69) is 18.3 Å². The zero-order valence-electron chi connectivity index (χ0n) is 8.71. The summed E-state index contributed by atoms with van der Waals surface area (Å²) in [4.78, 5) is 1.26. The van der Waals surface area contributed by atoms with E-state index < -0.39 is 0 Å². The Hall–Kier alpha value is -0.0900. The minimum Gasteiger partial charge on any atom is -0.380 e. The van der Waals surface area contributed by atoms with Gasteiger partial charge < -0.3 is 10.1 Å². The second kappa shape index (κ2) is 5.71. The van der Waals surface area contributed by atoms with Gasteiger partial charge in [0.25, 0.3) is 0 Å². The van der Waals surface area contributed by atoms with Crippen LogP contribution in [0.5, 0.6) is 0 Å². The molecule has 1 aromatic heterocycles. The molecule has 2 nitrogen and oxygen atoms in total. The van der Waals surface area contributed by atoms with Gasteiger partial charge in [0.05, 0.1) is 10.4 Å². The first-order chi connectivity index (χ1) is 6.63. The predicted octanol–water partition coefficient (Wildman–Crippen LogP) is 3.09. The number of rotatable bonds is 5. The lowest BCUT2D eigenvalue weighted by Crippen LogP contribution is -2.27. The minimum absolute atomic E-state index is 0.243. The third-order valence-electron chi connectivity index (χ3n) is 2.13. The van der Waals surface area contributed by atoms with E-state index in [0.29, 0.717) is 6.04 Å².